The Morgan fingerprint density at radius 1 is 1.02 bits per heavy atom. The van der Waals surface area contributed by atoms with E-state index in [1.54, 1.807) is 27.2 Å². The molecule has 1 aliphatic carbocycles. The van der Waals surface area contributed by atoms with Crippen molar-refractivity contribution in [1.82, 2.24) is 5.32 Å². The minimum Gasteiger partial charge on any atom is -0.493 e. The maximum atomic E-state index is 14.0. The summed E-state index contributed by atoms with van der Waals surface area (Å²) in [5.74, 6) is -0.780. The SMILES string of the molecule is COc1ccc(C2CC(=O)C3=C(C2)NC(C)=C(C(=O)OCCc2ccccc2)C3c2cc([N+](=O)[O-])ccc2Cl)cc1OC. The van der Waals surface area contributed by atoms with Gasteiger partial charge in [-0.15, -0.1) is 0 Å². The van der Waals surface area contributed by atoms with Crippen molar-refractivity contribution in [3.63, 3.8) is 0 Å². The fraction of sp³-hybridized carbons (Fsp3) is 0.273. The second-order valence-electron chi connectivity index (χ2n) is 10.5. The molecule has 0 spiro atoms. The van der Waals surface area contributed by atoms with E-state index in [0.717, 1.165) is 11.1 Å². The van der Waals surface area contributed by atoms with E-state index in [0.29, 0.717) is 46.9 Å². The Hall–Kier alpha value is -4.63. The molecule has 0 aromatic heterocycles. The number of nitro benzene ring substituents is 1. The number of halogens is 1. The van der Waals surface area contributed by atoms with Crippen LogP contribution in [-0.2, 0) is 20.7 Å². The van der Waals surface area contributed by atoms with Gasteiger partial charge < -0.3 is 19.5 Å². The average molecular weight is 603 g/mol. The van der Waals surface area contributed by atoms with Crippen molar-refractivity contribution in [2.45, 2.75) is 38.0 Å². The zero-order valence-electron chi connectivity index (χ0n) is 24.0. The molecule has 0 bridgehead atoms. The van der Waals surface area contributed by atoms with Crippen molar-refractivity contribution in [3.05, 3.63) is 121 Å². The van der Waals surface area contributed by atoms with Crippen LogP contribution in [-0.4, -0.2) is 37.5 Å². The second-order valence-corrected chi connectivity index (χ2v) is 10.9. The molecule has 222 valence electrons. The van der Waals surface area contributed by atoms with Gasteiger partial charge in [-0.05, 0) is 54.2 Å². The first-order valence-electron chi connectivity index (χ1n) is 13.8. The number of hydrogen-bond acceptors (Lipinski definition) is 8. The molecule has 3 aromatic carbocycles. The molecule has 3 aromatic rings. The zero-order chi connectivity index (χ0) is 30.7. The molecule has 10 heteroatoms. The topological polar surface area (TPSA) is 117 Å². The minimum absolute atomic E-state index is 0.121. The summed E-state index contributed by atoms with van der Waals surface area (Å²) < 4.78 is 16.5. The highest BCUT2D eigenvalue weighted by molar-refractivity contribution is 6.31. The highest BCUT2D eigenvalue weighted by atomic mass is 35.5. The summed E-state index contributed by atoms with van der Waals surface area (Å²) >= 11 is 6.62. The van der Waals surface area contributed by atoms with Crippen molar-refractivity contribution in [3.8, 4) is 11.5 Å². The first-order valence-corrected chi connectivity index (χ1v) is 14.2. The Balaban J connectivity index is 1.53. The monoisotopic (exact) mass is 602 g/mol. The number of esters is 1. The Morgan fingerprint density at radius 2 is 1.77 bits per heavy atom. The highest BCUT2D eigenvalue weighted by Gasteiger charge is 2.42. The van der Waals surface area contributed by atoms with E-state index in [1.165, 1.54) is 18.2 Å². The normalized spacial score (nSPS) is 18.1. The van der Waals surface area contributed by atoms with Crippen LogP contribution in [0.3, 0.4) is 0 Å². The number of ketones is 1. The molecule has 1 aliphatic heterocycles. The van der Waals surface area contributed by atoms with Crippen LogP contribution >= 0.6 is 11.6 Å². The molecule has 0 saturated carbocycles. The van der Waals surface area contributed by atoms with Gasteiger partial charge >= 0.3 is 5.97 Å². The van der Waals surface area contributed by atoms with Gasteiger partial charge in [0.15, 0.2) is 17.3 Å². The lowest BCUT2D eigenvalue weighted by Crippen LogP contribution is -2.36. The number of allylic oxidation sites excluding steroid dienone is 3. The lowest BCUT2D eigenvalue weighted by atomic mass is 9.71. The van der Waals surface area contributed by atoms with Crippen molar-refractivity contribution >= 4 is 29.0 Å². The zero-order valence-corrected chi connectivity index (χ0v) is 24.8. The summed E-state index contributed by atoms with van der Waals surface area (Å²) in [4.78, 5) is 38.8. The van der Waals surface area contributed by atoms with Gasteiger partial charge in [0.05, 0.1) is 31.3 Å². The number of nitrogens with zero attached hydrogens (tertiary/aromatic N) is 1. The molecule has 9 nitrogen and oxygen atoms in total. The Labute approximate surface area is 254 Å². The molecule has 0 radical (unpaired) electrons. The van der Waals surface area contributed by atoms with Gasteiger partial charge in [0.2, 0.25) is 0 Å². The predicted molar refractivity (Wildman–Crippen MR) is 161 cm³/mol. The molecule has 43 heavy (non-hydrogen) atoms. The minimum atomic E-state index is -0.938. The van der Waals surface area contributed by atoms with E-state index in [-0.39, 0.29) is 41.0 Å². The highest BCUT2D eigenvalue weighted by Crippen LogP contribution is 2.48. The fourth-order valence-electron chi connectivity index (χ4n) is 5.81. The van der Waals surface area contributed by atoms with Crippen LogP contribution in [0.2, 0.25) is 5.02 Å². The molecule has 2 atom stereocenters. The van der Waals surface area contributed by atoms with Gasteiger partial charge in [-0.1, -0.05) is 48.0 Å². The second kappa shape index (κ2) is 12.7. The number of rotatable bonds is 9. The summed E-state index contributed by atoms with van der Waals surface area (Å²) in [6, 6.07) is 19.2. The smallest absolute Gasteiger partial charge is 0.336 e. The van der Waals surface area contributed by atoms with Gasteiger partial charge in [0.25, 0.3) is 5.69 Å². The molecule has 0 saturated heterocycles. The molecule has 1 heterocycles. The lowest BCUT2D eigenvalue weighted by Gasteiger charge is -2.37. The van der Waals surface area contributed by atoms with Gasteiger partial charge in [-0.3, -0.25) is 14.9 Å². The number of non-ortho nitro benzene ring substituents is 1. The van der Waals surface area contributed by atoms with E-state index in [4.69, 9.17) is 25.8 Å². The molecular weight excluding hydrogens is 572 g/mol. The Kier molecular flexibility index (Phi) is 8.82. The number of dihydropyridines is 1. The van der Waals surface area contributed by atoms with E-state index in [1.807, 2.05) is 42.5 Å². The van der Waals surface area contributed by atoms with Crippen LogP contribution in [0.25, 0.3) is 0 Å². The first-order chi connectivity index (χ1) is 20.7. The number of benzene rings is 3. The molecule has 2 aliphatic rings. The predicted octanol–water partition coefficient (Wildman–Crippen LogP) is 6.41. The summed E-state index contributed by atoms with van der Waals surface area (Å²) in [5, 5.41) is 15.2. The summed E-state index contributed by atoms with van der Waals surface area (Å²) in [6.07, 6.45) is 1.14. The largest absolute Gasteiger partial charge is 0.493 e. The maximum absolute atomic E-state index is 14.0. The van der Waals surface area contributed by atoms with Crippen molar-refractivity contribution in [1.29, 1.82) is 0 Å². The average Bonchev–Trinajstić information content (AvgIpc) is 3.00. The quantitative estimate of drug-likeness (QED) is 0.170. The van der Waals surface area contributed by atoms with Crippen molar-refractivity contribution < 1.29 is 28.7 Å². The summed E-state index contributed by atoms with van der Waals surface area (Å²) in [7, 11) is 3.11. The molecule has 2 unspecified atom stereocenters. The third kappa shape index (κ3) is 6.12. The first kappa shape index (κ1) is 29.8. The third-order valence-electron chi connectivity index (χ3n) is 7.89. The van der Waals surface area contributed by atoms with Crippen LogP contribution in [0.15, 0.2) is 89.3 Å². The van der Waals surface area contributed by atoms with E-state index in [2.05, 4.69) is 5.32 Å². The number of carbonyl (C=O) groups is 2. The van der Waals surface area contributed by atoms with Crippen molar-refractivity contribution in [2.75, 3.05) is 20.8 Å². The number of carbonyl (C=O) groups excluding carboxylic acids is 2. The number of ether oxygens (including phenoxy) is 3. The number of Topliss-reactive ketones (excluding diaryl/α,β-unsaturated/α-hetero) is 1. The molecule has 0 amide bonds. The summed E-state index contributed by atoms with van der Waals surface area (Å²) in [6.45, 7) is 1.86. The van der Waals surface area contributed by atoms with Crippen LogP contribution < -0.4 is 14.8 Å². The van der Waals surface area contributed by atoms with Crippen LogP contribution in [0.4, 0.5) is 5.69 Å². The third-order valence-corrected chi connectivity index (χ3v) is 8.24. The van der Waals surface area contributed by atoms with Crippen LogP contribution in [0, 0.1) is 10.1 Å². The van der Waals surface area contributed by atoms with Gasteiger partial charge in [0.1, 0.15) is 0 Å². The standard InChI is InChI=1S/C33H31ClN2O7/c1-19-30(33(38)43-14-13-20-7-5-4-6-8-20)31(24-18-23(36(39)40)10-11-25(24)34)32-26(35-19)15-22(16-27(32)37)21-9-12-28(41-2)29(17-21)42-3/h4-12,17-18,22,31,35H,13-16H2,1-3H3. The van der Waals surface area contributed by atoms with Crippen LogP contribution in [0.1, 0.15) is 48.3 Å². The molecular formula is C33H31ClN2O7. The Bertz CT molecular complexity index is 1650. The maximum Gasteiger partial charge on any atom is 0.336 e. The molecule has 5 rings (SSSR count). The summed E-state index contributed by atoms with van der Waals surface area (Å²) in [5.41, 5.74) is 3.72. The lowest BCUT2D eigenvalue weighted by molar-refractivity contribution is -0.384. The van der Waals surface area contributed by atoms with E-state index < -0.39 is 16.8 Å². The van der Waals surface area contributed by atoms with E-state index in [9.17, 15) is 19.7 Å². The van der Waals surface area contributed by atoms with Crippen molar-refractivity contribution in [2.24, 2.45) is 0 Å². The van der Waals surface area contributed by atoms with E-state index >= 15 is 0 Å². The van der Waals surface area contributed by atoms with Gasteiger partial charge in [-0.25, -0.2) is 4.79 Å². The number of nitrogens with one attached hydrogen (secondary N) is 1. The fourth-order valence-corrected chi connectivity index (χ4v) is 6.04. The Morgan fingerprint density at radius 3 is 2.47 bits per heavy atom. The number of hydrogen-bond donors (Lipinski definition) is 1. The van der Waals surface area contributed by atoms with Gasteiger partial charge in [-0.2, -0.15) is 0 Å². The number of methoxy groups -OCH3 is 2. The molecule has 1 N–H and O–H groups in total. The van der Waals surface area contributed by atoms with Gasteiger partial charge in [0, 0.05) is 52.9 Å². The van der Waals surface area contributed by atoms with Crippen LogP contribution in [0.5, 0.6) is 11.5 Å². The number of nitro groups is 1. The molecule has 0 fully saturated rings.